The molecule has 2 amide bonds. The summed E-state index contributed by atoms with van der Waals surface area (Å²) in [4.78, 5) is 26.0. The van der Waals surface area contributed by atoms with Gasteiger partial charge in [0.05, 0.1) is 6.54 Å². The van der Waals surface area contributed by atoms with Gasteiger partial charge in [0.2, 0.25) is 11.8 Å². The fraction of sp³-hybridized carbons (Fsp3) is 0.529. The minimum Gasteiger partial charge on any atom is -0.398 e. The van der Waals surface area contributed by atoms with Crippen LogP contribution in [0.25, 0.3) is 0 Å². The minimum absolute atomic E-state index is 0.0309. The Bertz CT molecular complexity index is 576. The standard InChI is InChI=1S/C17H25N3O2/c1-17(2,3)10-15(21)19-11-16(22)20-9-5-6-12-13(18)7-4-8-14(12)20/h4,7-8H,5-6,9-11,18H2,1-3H3,(H,19,21). The monoisotopic (exact) mass is 303 g/mol. The van der Waals surface area contributed by atoms with Gasteiger partial charge in [-0.25, -0.2) is 0 Å². The lowest BCUT2D eigenvalue weighted by molar-refractivity contribution is -0.126. The predicted molar refractivity (Wildman–Crippen MR) is 88.6 cm³/mol. The number of rotatable bonds is 3. The lowest BCUT2D eigenvalue weighted by atomic mass is 9.92. The van der Waals surface area contributed by atoms with E-state index in [1.165, 1.54) is 0 Å². The highest BCUT2D eigenvalue weighted by Crippen LogP contribution is 2.31. The molecule has 0 aliphatic carbocycles. The normalized spacial score (nSPS) is 14.4. The van der Waals surface area contributed by atoms with Gasteiger partial charge in [-0.1, -0.05) is 26.8 Å². The van der Waals surface area contributed by atoms with Crippen molar-refractivity contribution in [3.05, 3.63) is 23.8 Å². The van der Waals surface area contributed by atoms with Crippen LogP contribution >= 0.6 is 0 Å². The van der Waals surface area contributed by atoms with E-state index in [2.05, 4.69) is 5.32 Å². The third kappa shape index (κ3) is 4.00. The third-order valence-electron chi connectivity index (χ3n) is 3.72. The molecule has 0 fully saturated rings. The van der Waals surface area contributed by atoms with Gasteiger partial charge in [0.1, 0.15) is 0 Å². The van der Waals surface area contributed by atoms with Crippen LogP contribution < -0.4 is 16.0 Å². The molecule has 1 aliphatic heterocycles. The van der Waals surface area contributed by atoms with E-state index in [-0.39, 0.29) is 23.8 Å². The summed E-state index contributed by atoms with van der Waals surface area (Å²) >= 11 is 0. The van der Waals surface area contributed by atoms with Crippen LogP contribution in [0.1, 0.15) is 39.2 Å². The first kappa shape index (κ1) is 16.3. The Morgan fingerprint density at radius 1 is 1.32 bits per heavy atom. The number of fused-ring (bicyclic) bond motifs is 1. The molecule has 0 unspecified atom stereocenters. The zero-order valence-corrected chi connectivity index (χ0v) is 13.6. The van der Waals surface area contributed by atoms with Gasteiger partial charge >= 0.3 is 0 Å². The number of benzene rings is 1. The largest absolute Gasteiger partial charge is 0.398 e. The van der Waals surface area contributed by atoms with Crippen LogP contribution in [0.4, 0.5) is 11.4 Å². The smallest absolute Gasteiger partial charge is 0.246 e. The van der Waals surface area contributed by atoms with E-state index in [9.17, 15) is 9.59 Å². The molecule has 0 spiro atoms. The van der Waals surface area contributed by atoms with Crippen LogP contribution in [0, 0.1) is 5.41 Å². The Morgan fingerprint density at radius 2 is 2.05 bits per heavy atom. The quantitative estimate of drug-likeness (QED) is 0.840. The molecule has 0 radical (unpaired) electrons. The number of anilines is 2. The van der Waals surface area contributed by atoms with Crippen LogP contribution in [0.2, 0.25) is 0 Å². The summed E-state index contributed by atoms with van der Waals surface area (Å²) in [6, 6.07) is 5.63. The summed E-state index contributed by atoms with van der Waals surface area (Å²) in [6.45, 7) is 6.70. The molecule has 1 heterocycles. The number of nitrogens with two attached hydrogens (primary N) is 1. The van der Waals surface area contributed by atoms with Crippen LogP contribution in [0.5, 0.6) is 0 Å². The zero-order chi connectivity index (χ0) is 16.3. The molecule has 5 nitrogen and oxygen atoms in total. The van der Waals surface area contributed by atoms with Crippen molar-refractivity contribution in [2.75, 3.05) is 23.7 Å². The highest BCUT2D eigenvalue weighted by Gasteiger charge is 2.24. The van der Waals surface area contributed by atoms with Gasteiger partial charge in [0, 0.05) is 24.3 Å². The fourth-order valence-corrected chi connectivity index (χ4v) is 2.72. The highest BCUT2D eigenvalue weighted by atomic mass is 16.2. The van der Waals surface area contributed by atoms with Crippen molar-refractivity contribution in [3.8, 4) is 0 Å². The van der Waals surface area contributed by atoms with E-state index in [0.717, 1.165) is 29.8 Å². The number of hydrogen-bond donors (Lipinski definition) is 2. The van der Waals surface area contributed by atoms with Crippen molar-refractivity contribution < 1.29 is 9.59 Å². The second-order valence-corrected chi connectivity index (χ2v) is 7.01. The van der Waals surface area contributed by atoms with Crippen LogP contribution in [-0.4, -0.2) is 24.9 Å². The number of hydrogen-bond acceptors (Lipinski definition) is 3. The van der Waals surface area contributed by atoms with E-state index in [1.54, 1.807) is 4.90 Å². The summed E-state index contributed by atoms with van der Waals surface area (Å²) in [6.07, 6.45) is 2.19. The number of nitrogens with zero attached hydrogens (tertiary/aromatic N) is 1. The average molecular weight is 303 g/mol. The maximum atomic E-state index is 12.4. The first-order valence-corrected chi connectivity index (χ1v) is 7.72. The molecule has 5 heteroatoms. The van der Waals surface area contributed by atoms with E-state index >= 15 is 0 Å². The maximum Gasteiger partial charge on any atom is 0.246 e. The summed E-state index contributed by atoms with van der Waals surface area (Å²) < 4.78 is 0. The molecule has 1 aromatic carbocycles. The molecule has 22 heavy (non-hydrogen) atoms. The van der Waals surface area contributed by atoms with Crippen molar-refractivity contribution in [1.29, 1.82) is 0 Å². The van der Waals surface area contributed by atoms with Gasteiger partial charge in [-0.15, -0.1) is 0 Å². The Kier molecular flexibility index (Phi) is 4.74. The SMILES string of the molecule is CC(C)(C)CC(=O)NCC(=O)N1CCCc2c(N)cccc21. The Hall–Kier alpha value is -2.04. The molecule has 120 valence electrons. The molecule has 0 atom stereocenters. The van der Waals surface area contributed by atoms with E-state index in [4.69, 9.17) is 5.73 Å². The van der Waals surface area contributed by atoms with E-state index in [0.29, 0.717) is 13.0 Å². The number of carbonyl (C=O) groups excluding carboxylic acids is 2. The Balaban J connectivity index is 2.00. The number of carbonyl (C=O) groups is 2. The average Bonchev–Trinajstić information content (AvgIpc) is 2.43. The molecular weight excluding hydrogens is 278 g/mol. The molecule has 0 saturated carbocycles. The molecular formula is C17H25N3O2. The second-order valence-electron chi connectivity index (χ2n) is 7.01. The number of nitrogens with one attached hydrogen (secondary N) is 1. The topological polar surface area (TPSA) is 75.4 Å². The molecule has 0 aromatic heterocycles. The Morgan fingerprint density at radius 3 is 2.73 bits per heavy atom. The van der Waals surface area contributed by atoms with Crippen molar-refractivity contribution in [3.63, 3.8) is 0 Å². The third-order valence-corrected chi connectivity index (χ3v) is 3.72. The first-order valence-electron chi connectivity index (χ1n) is 7.72. The minimum atomic E-state index is -0.0920. The molecule has 0 bridgehead atoms. The first-order chi connectivity index (χ1) is 10.3. The molecule has 0 saturated heterocycles. The van der Waals surface area contributed by atoms with Crippen molar-refractivity contribution >= 4 is 23.2 Å². The number of nitrogen functional groups attached to an aromatic ring is 1. The zero-order valence-electron chi connectivity index (χ0n) is 13.6. The lowest BCUT2D eigenvalue weighted by Crippen LogP contribution is -2.43. The van der Waals surface area contributed by atoms with Gasteiger partial charge in [-0.2, -0.15) is 0 Å². The second kappa shape index (κ2) is 6.38. The Labute approximate surface area is 131 Å². The molecule has 1 aliphatic rings. The van der Waals surface area contributed by atoms with Gasteiger partial charge in [-0.05, 0) is 36.0 Å². The number of amides is 2. The lowest BCUT2D eigenvalue weighted by Gasteiger charge is -2.30. The fourth-order valence-electron chi connectivity index (χ4n) is 2.72. The van der Waals surface area contributed by atoms with Gasteiger partial charge in [0.25, 0.3) is 0 Å². The van der Waals surface area contributed by atoms with Crippen LogP contribution in [0.3, 0.4) is 0 Å². The maximum absolute atomic E-state index is 12.4. The van der Waals surface area contributed by atoms with Crippen molar-refractivity contribution in [2.45, 2.75) is 40.0 Å². The van der Waals surface area contributed by atoms with Crippen LogP contribution in [-0.2, 0) is 16.0 Å². The van der Waals surface area contributed by atoms with Gasteiger partial charge < -0.3 is 16.0 Å². The molecule has 1 aromatic rings. The summed E-state index contributed by atoms with van der Waals surface area (Å²) in [5.41, 5.74) is 8.54. The van der Waals surface area contributed by atoms with Gasteiger partial charge in [-0.3, -0.25) is 9.59 Å². The summed E-state index contributed by atoms with van der Waals surface area (Å²) in [5.74, 6) is -0.181. The van der Waals surface area contributed by atoms with Crippen molar-refractivity contribution in [1.82, 2.24) is 5.32 Å². The van der Waals surface area contributed by atoms with E-state index in [1.807, 2.05) is 39.0 Å². The van der Waals surface area contributed by atoms with E-state index < -0.39 is 0 Å². The van der Waals surface area contributed by atoms with Crippen molar-refractivity contribution in [2.24, 2.45) is 5.41 Å². The molecule has 3 N–H and O–H groups in total. The van der Waals surface area contributed by atoms with Crippen LogP contribution in [0.15, 0.2) is 18.2 Å². The predicted octanol–water partition coefficient (Wildman–Crippen LogP) is 2.10. The highest BCUT2D eigenvalue weighted by molar-refractivity contribution is 5.98. The summed E-state index contributed by atoms with van der Waals surface area (Å²) in [5, 5.41) is 2.72. The molecule has 2 rings (SSSR count). The van der Waals surface area contributed by atoms with Gasteiger partial charge in [0.15, 0.2) is 0 Å². The summed E-state index contributed by atoms with van der Waals surface area (Å²) in [7, 11) is 0.